The van der Waals surface area contributed by atoms with E-state index in [1.165, 1.54) is 5.56 Å². The number of rotatable bonds is 3. The summed E-state index contributed by atoms with van der Waals surface area (Å²) >= 11 is 11.2. The molecule has 0 saturated carbocycles. The second-order valence-electron chi connectivity index (χ2n) is 4.43. The first kappa shape index (κ1) is 15.3. The van der Waals surface area contributed by atoms with Crippen molar-refractivity contribution >= 4 is 40.3 Å². The second-order valence-corrected chi connectivity index (χ2v) is 5.28. The summed E-state index contributed by atoms with van der Waals surface area (Å²) in [6, 6.07) is 15.1. The summed E-state index contributed by atoms with van der Waals surface area (Å²) in [6.45, 7) is 2.11. The molecule has 0 saturated heterocycles. The van der Waals surface area contributed by atoms with Crippen LogP contribution in [0.5, 0.6) is 0 Å². The zero-order valence-electron chi connectivity index (χ0n) is 11.5. The average Bonchev–Trinajstić information content (AvgIpc) is 2.48. The lowest BCUT2D eigenvalue weighted by atomic mass is 10.1. The van der Waals surface area contributed by atoms with Gasteiger partial charge in [-0.3, -0.25) is 0 Å². The van der Waals surface area contributed by atoms with Gasteiger partial charge in [0.25, 0.3) is 0 Å². The van der Waals surface area contributed by atoms with E-state index in [-0.39, 0.29) is 0 Å². The van der Waals surface area contributed by atoms with Crippen molar-refractivity contribution < 1.29 is 0 Å². The van der Waals surface area contributed by atoms with E-state index < -0.39 is 0 Å². The maximum atomic E-state index is 9.07. The molecule has 0 amide bonds. The first-order valence-corrected chi connectivity index (χ1v) is 7.27. The maximum absolute atomic E-state index is 9.07. The second kappa shape index (κ2) is 7.07. The van der Waals surface area contributed by atoms with E-state index in [0.717, 1.165) is 12.1 Å². The summed E-state index contributed by atoms with van der Waals surface area (Å²) in [5.41, 5.74) is 3.24. The van der Waals surface area contributed by atoms with E-state index in [4.69, 9.17) is 29.1 Å². The van der Waals surface area contributed by atoms with Crippen LogP contribution in [-0.4, -0.2) is 5.11 Å². The minimum Gasteiger partial charge on any atom is -0.332 e. The van der Waals surface area contributed by atoms with Crippen LogP contribution in [-0.2, 0) is 6.42 Å². The van der Waals surface area contributed by atoms with Gasteiger partial charge in [-0.05, 0) is 54.5 Å². The third-order valence-corrected chi connectivity index (χ3v) is 3.41. The molecule has 0 aliphatic rings. The fraction of sp³-hybridized carbons (Fsp3) is 0.125. The zero-order valence-corrected chi connectivity index (χ0v) is 13.1. The predicted octanol–water partition coefficient (Wildman–Crippen LogP) is 4.58. The van der Waals surface area contributed by atoms with Crippen molar-refractivity contribution in [2.24, 2.45) is 0 Å². The van der Waals surface area contributed by atoms with Crippen LogP contribution in [0.3, 0.4) is 0 Å². The van der Waals surface area contributed by atoms with E-state index in [9.17, 15) is 0 Å². The molecule has 0 aliphatic carbocycles. The molecule has 21 heavy (non-hydrogen) atoms. The zero-order chi connectivity index (χ0) is 15.2. The Bertz CT molecular complexity index is 690. The molecule has 2 aromatic rings. The van der Waals surface area contributed by atoms with Crippen molar-refractivity contribution in [2.45, 2.75) is 13.3 Å². The summed E-state index contributed by atoms with van der Waals surface area (Å²) in [6.07, 6.45) is 0.997. The van der Waals surface area contributed by atoms with E-state index in [0.29, 0.717) is 21.4 Å². The van der Waals surface area contributed by atoms with Crippen molar-refractivity contribution in [1.82, 2.24) is 0 Å². The van der Waals surface area contributed by atoms with Crippen LogP contribution in [0.15, 0.2) is 42.5 Å². The van der Waals surface area contributed by atoms with E-state index in [1.54, 1.807) is 18.2 Å². The Labute approximate surface area is 134 Å². The highest BCUT2D eigenvalue weighted by Crippen LogP contribution is 2.20. The Kier molecular flexibility index (Phi) is 5.15. The summed E-state index contributed by atoms with van der Waals surface area (Å²) in [7, 11) is 0. The van der Waals surface area contributed by atoms with Gasteiger partial charge in [0.2, 0.25) is 0 Å². The van der Waals surface area contributed by atoms with E-state index >= 15 is 0 Å². The number of benzene rings is 2. The molecule has 5 heteroatoms. The maximum Gasteiger partial charge on any atom is 0.175 e. The molecule has 3 nitrogen and oxygen atoms in total. The predicted molar refractivity (Wildman–Crippen MR) is 91.8 cm³/mol. The molecule has 0 aliphatic heterocycles. The van der Waals surface area contributed by atoms with Gasteiger partial charge in [0.1, 0.15) is 6.07 Å². The SMILES string of the molecule is CCc1ccc(NC(=S)Nc2cc(Cl)ccc2C#N)cc1. The number of hydrogen-bond acceptors (Lipinski definition) is 2. The van der Waals surface area contributed by atoms with Crippen LogP contribution in [0, 0.1) is 11.3 Å². The summed E-state index contributed by atoms with van der Waals surface area (Å²) in [5, 5.41) is 16.1. The Morgan fingerprint density at radius 1 is 1.19 bits per heavy atom. The Balaban J connectivity index is 2.08. The van der Waals surface area contributed by atoms with Crippen LogP contribution in [0.1, 0.15) is 18.1 Å². The van der Waals surface area contributed by atoms with Gasteiger partial charge in [0.05, 0.1) is 11.3 Å². The minimum absolute atomic E-state index is 0.415. The minimum atomic E-state index is 0.415. The van der Waals surface area contributed by atoms with Gasteiger partial charge in [0.15, 0.2) is 5.11 Å². The normalized spacial score (nSPS) is 9.76. The van der Waals surface area contributed by atoms with Crippen LogP contribution in [0.2, 0.25) is 5.02 Å². The van der Waals surface area contributed by atoms with Crippen molar-refractivity contribution in [3.8, 4) is 6.07 Å². The Morgan fingerprint density at radius 3 is 2.52 bits per heavy atom. The molecule has 0 radical (unpaired) electrons. The lowest BCUT2D eigenvalue weighted by molar-refractivity contribution is 1.14. The molecule has 0 aromatic heterocycles. The van der Waals surface area contributed by atoms with Crippen LogP contribution < -0.4 is 10.6 Å². The highest BCUT2D eigenvalue weighted by molar-refractivity contribution is 7.80. The fourth-order valence-corrected chi connectivity index (χ4v) is 2.23. The van der Waals surface area contributed by atoms with Gasteiger partial charge in [-0.15, -0.1) is 0 Å². The summed E-state index contributed by atoms with van der Waals surface area (Å²) in [4.78, 5) is 0. The van der Waals surface area contributed by atoms with Crippen molar-refractivity contribution in [3.63, 3.8) is 0 Å². The third kappa shape index (κ3) is 4.19. The van der Waals surface area contributed by atoms with Crippen LogP contribution in [0.4, 0.5) is 11.4 Å². The smallest absolute Gasteiger partial charge is 0.175 e. The Morgan fingerprint density at radius 2 is 1.90 bits per heavy atom. The molecule has 0 bridgehead atoms. The molecule has 2 N–H and O–H groups in total. The fourth-order valence-electron chi connectivity index (χ4n) is 1.83. The average molecular weight is 316 g/mol. The summed E-state index contributed by atoms with van der Waals surface area (Å²) < 4.78 is 0. The molecule has 2 rings (SSSR count). The molecule has 106 valence electrons. The van der Waals surface area contributed by atoms with Gasteiger partial charge in [0, 0.05) is 10.7 Å². The number of nitrogens with one attached hydrogen (secondary N) is 2. The van der Waals surface area contributed by atoms with Gasteiger partial charge < -0.3 is 10.6 Å². The van der Waals surface area contributed by atoms with Gasteiger partial charge in [-0.1, -0.05) is 30.7 Å². The van der Waals surface area contributed by atoms with Crippen molar-refractivity contribution in [2.75, 3.05) is 10.6 Å². The monoisotopic (exact) mass is 315 g/mol. The molecular formula is C16H14ClN3S. The topological polar surface area (TPSA) is 47.8 Å². The molecule has 0 atom stereocenters. The molecule has 0 heterocycles. The van der Waals surface area contributed by atoms with Crippen LogP contribution >= 0.6 is 23.8 Å². The van der Waals surface area contributed by atoms with Gasteiger partial charge in [-0.25, -0.2) is 0 Å². The van der Waals surface area contributed by atoms with Gasteiger partial charge in [-0.2, -0.15) is 5.26 Å². The quantitative estimate of drug-likeness (QED) is 0.814. The largest absolute Gasteiger partial charge is 0.332 e. The first-order valence-electron chi connectivity index (χ1n) is 6.49. The number of hydrogen-bond donors (Lipinski definition) is 2. The highest BCUT2D eigenvalue weighted by Gasteiger charge is 2.05. The molecular weight excluding hydrogens is 302 g/mol. The number of nitriles is 1. The number of aryl methyl sites for hydroxylation is 1. The number of nitrogens with zero attached hydrogens (tertiary/aromatic N) is 1. The lowest BCUT2D eigenvalue weighted by Crippen LogP contribution is -2.19. The lowest BCUT2D eigenvalue weighted by Gasteiger charge is -2.12. The molecule has 0 spiro atoms. The summed E-state index contributed by atoms with van der Waals surface area (Å²) in [5.74, 6) is 0. The molecule has 0 unspecified atom stereocenters. The van der Waals surface area contributed by atoms with Gasteiger partial charge >= 0.3 is 0 Å². The first-order chi connectivity index (χ1) is 10.1. The third-order valence-electron chi connectivity index (χ3n) is 2.97. The highest BCUT2D eigenvalue weighted by atomic mass is 35.5. The van der Waals surface area contributed by atoms with E-state index in [1.807, 2.05) is 24.3 Å². The number of halogens is 1. The van der Waals surface area contributed by atoms with Crippen molar-refractivity contribution in [3.05, 3.63) is 58.6 Å². The van der Waals surface area contributed by atoms with E-state index in [2.05, 4.69) is 23.6 Å². The van der Waals surface area contributed by atoms with Crippen LogP contribution in [0.25, 0.3) is 0 Å². The van der Waals surface area contributed by atoms with Crippen molar-refractivity contribution in [1.29, 1.82) is 5.26 Å². The number of anilines is 2. The standard InChI is InChI=1S/C16H14ClN3S/c1-2-11-3-7-14(8-4-11)19-16(21)20-15-9-13(17)6-5-12(15)10-18/h3-9H,2H2,1H3,(H2,19,20,21). The molecule has 2 aromatic carbocycles. The molecule has 0 fully saturated rings. The number of thiocarbonyl (C=S) groups is 1. The Hall–Kier alpha value is -2.09.